The van der Waals surface area contributed by atoms with Gasteiger partial charge < -0.3 is 14.6 Å². The van der Waals surface area contributed by atoms with Gasteiger partial charge in [-0.25, -0.2) is 0 Å². The number of aliphatic hydroxyl groups excluding tert-OH is 1. The zero-order chi connectivity index (χ0) is 11.9. The third kappa shape index (κ3) is 4.81. The van der Waals surface area contributed by atoms with Crippen LogP contribution in [0, 0.1) is 5.92 Å². The van der Waals surface area contributed by atoms with Gasteiger partial charge in [0.15, 0.2) is 0 Å². The summed E-state index contributed by atoms with van der Waals surface area (Å²) >= 11 is 0. The molecule has 0 aromatic carbocycles. The zero-order valence-electron chi connectivity index (χ0n) is 10.7. The van der Waals surface area contributed by atoms with E-state index in [1.54, 1.807) is 0 Å². The maximum atomic E-state index is 8.58. The molecule has 1 rings (SSSR count). The lowest BCUT2D eigenvalue weighted by atomic mass is 9.91. The van der Waals surface area contributed by atoms with Gasteiger partial charge in [-0.3, -0.25) is 0 Å². The van der Waals surface area contributed by atoms with Crippen molar-refractivity contribution in [2.24, 2.45) is 5.92 Å². The van der Waals surface area contributed by atoms with Gasteiger partial charge in [0.05, 0.1) is 32.0 Å². The first kappa shape index (κ1) is 13.9. The third-order valence-corrected chi connectivity index (χ3v) is 3.17. The summed E-state index contributed by atoms with van der Waals surface area (Å²) in [4.78, 5) is 0. The lowest BCUT2D eigenvalue weighted by Crippen LogP contribution is -2.32. The second kappa shape index (κ2) is 7.25. The molecular weight excluding hydrogens is 204 g/mol. The number of hydrogen-bond donors (Lipinski definition) is 1. The van der Waals surface area contributed by atoms with Crippen molar-refractivity contribution in [2.75, 3.05) is 26.4 Å². The maximum absolute atomic E-state index is 8.58. The monoisotopic (exact) mass is 230 g/mol. The molecule has 16 heavy (non-hydrogen) atoms. The molecule has 0 aliphatic heterocycles. The summed E-state index contributed by atoms with van der Waals surface area (Å²) in [5.41, 5.74) is 0.122. The molecule has 0 radical (unpaired) electrons. The molecule has 0 amide bonds. The van der Waals surface area contributed by atoms with Gasteiger partial charge in [-0.2, -0.15) is 0 Å². The molecule has 0 spiro atoms. The Balaban J connectivity index is 2.22. The van der Waals surface area contributed by atoms with Gasteiger partial charge in [-0.1, -0.05) is 26.7 Å². The van der Waals surface area contributed by atoms with E-state index in [1.807, 2.05) is 0 Å². The van der Waals surface area contributed by atoms with Gasteiger partial charge in [0.25, 0.3) is 0 Å². The lowest BCUT2D eigenvalue weighted by molar-refractivity contribution is -0.0764. The van der Waals surface area contributed by atoms with E-state index in [9.17, 15) is 0 Å². The molecule has 0 atom stereocenters. The number of aliphatic hydroxyl groups is 1. The Morgan fingerprint density at radius 3 is 2.38 bits per heavy atom. The summed E-state index contributed by atoms with van der Waals surface area (Å²) in [6.45, 7) is 6.28. The summed E-state index contributed by atoms with van der Waals surface area (Å²) in [6, 6.07) is 0. The van der Waals surface area contributed by atoms with Crippen LogP contribution in [0.3, 0.4) is 0 Å². The van der Waals surface area contributed by atoms with Crippen molar-refractivity contribution in [3.05, 3.63) is 0 Å². The van der Waals surface area contributed by atoms with E-state index in [0.717, 1.165) is 6.42 Å². The summed E-state index contributed by atoms with van der Waals surface area (Å²) < 4.78 is 11.3. The van der Waals surface area contributed by atoms with E-state index < -0.39 is 0 Å². The van der Waals surface area contributed by atoms with Crippen LogP contribution < -0.4 is 0 Å². The van der Waals surface area contributed by atoms with Crippen molar-refractivity contribution in [3.8, 4) is 0 Å². The molecule has 1 aliphatic rings. The fraction of sp³-hybridized carbons (Fsp3) is 1.00. The summed E-state index contributed by atoms with van der Waals surface area (Å²) in [5.74, 6) is 0.691. The first-order chi connectivity index (χ1) is 7.68. The average molecular weight is 230 g/mol. The second-order valence-electron chi connectivity index (χ2n) is 5.17. The Hall–Kier alpha value is -0.120. The standard InChI is InChI=1S/C13H26O3/c1-12(2)11-13(5-3-4-6-13)16-10-9-15-8-7-14/h12,14H,3-11H2,1-2H3. The smallest absolute Gasteiger partial charge is 0.0708 e. The minimum absolute atomic E-state index is 0.0944. The molecule has 1 N–H and O–H groups in total. The fourth-order valence-corrected chi connectivity index (χ4v) is 2.65. The highest BCUT2D eigenvalue weighted by Gasteiger charge is 2.35. The van der Waals surface area contributed by atoms with Gasteiger partial charge in [-0.05, 0) is 25.2 Å². The quantitative estimate of drug-likeness (QED) is 0.651. The Kier molecular flexibility index (Phi) is 6.32. The SMILES string of the molecule is CC(C)CC1(OCCOCCO)CCCC1. The molecule has 96 valence electrons. The van der Waals surface area contributed by atoms with E-state index in [-0.39, 0.29) is 12.2 Å². The highest BCUT2D eigenvalue weighted by molar-refractivity contribution is 4.87. The fourth-order valence-electron chi connectivity index (χ4n) is 2.65. The van der Waals surface area contributed by atoms with Crippen LogP contribution in [0.4, 0.5) is 0 Å². The topological polar surface area (TPSA) is 38.7 Å². The highest BCUT2D eigenvalue weighted by atomic mass is 16.5. The van der Waals surface area contributed by atoms with Gasteiger partial charge in [-0.15, -0.1) is 0 Å². The molecule has 0 bridgehead atoms. The van der Waals surface area contributed by atoms with E-state index in [1.165, 1.54) is 25.7 Å². The Morgan fingerprint density at radius 2 is 1.81 bits per heavy atom. The van der Waals surface area contributed by atoms with E-state index in [0.29, 0.717) is 25.7 Å². The molecule has 1 aliphatic carbocycles. The second-order valence-corrected chi connectivity index (χ2v) is 5.17. The van der Waals surface area contributed by atoms with Gasteiger partial charge in [0.1, 0.15) is 0 Å². The molecule has 0 aromatic heterocycles. The molecular formula is C13H26O3. The predicted octanol–water partition coefficient (Wildman–Crippen LogP) is 2.37. The summed E-state index contributed by atoms with van der Waals surface area (Å²) in [7, 11) is 0. The minimum atomic E-state index is 0.0944. The Labute approximate surface area is 99.1 Å². The molecule has 0 heterocycles. The molecule has 1 fully saturated rings. The molecule has 3 nitrogen and oxygen atoms in total. The van der Waals surface area contributed by atoms with Crippen LogP contribution in [0.15, 0.2) is 0 Å². The Morgan fingerprint density at radius 1 is 1.12 bits per heavy atom. The van der Waals surface area contributed by atoms with Crippen molar-refractivity contribution in [3.63, 3.8) is 0 Å². The van der Waals surface area contributed by atoms with Crippen LogP contribution in [0.25, 0.3) is 0 Å². The lowest BCUT2D eigenvalue weighted by Gasteiger charge is -2.31. The van der Waals surface area contributed by atoms with E-state index in [4.69, 9.17) is 14.6 Å². The van der Waals surface area contributed by atoms with Crippen LogP contribution in [0.5, 0.6) is 0 Å². The average Bonchev–Trinajstić information content (AvgIpc) is 2.65. The van der Waals surface area contributed by atoms with Crippen molar-refractivity contribution in [1.82, 2.24) is 0 Å². The molecule has 0 aromatic rings. The van der Waals surface area contributed by atoms with Crippen LogP contribution in [0.1, 0.15) is 46.0 Å². The van der Waals surface area contributed by atoms with Crippen LogP contribution in [-0.4, -0.2) is 37.1 Å². The predicted molar refractivity (Wildman–Crippen MR) is 64.5 cm³/mol. The van der Waals surface area contributed by atoms with Gasteiger partial charge in [0, 0.05) is 0 Å². The van der Waals surface area contributed by atoms with E-state index >= 15 is 0 Å². The van der Waals surface area contributed by atoms with Crippen LogP contribution in [0.2, 0.25) is 0 Å². The van der Waals surface area contributed by atoms with Crippen molar-refractivity contribution in [2.45, 2.75) is 51.6 Å². The number of ether oxygens (including phenoxy) is 2. The number of rotatable bonds is 8. The first-order valence-corrected chi connectivity index (χ1v) is 6.51. The number of hydrogen-bond acceptors (Lipinski definition) is 3. The van der Waals surface area contributed by atoms with Crippen LogP contribution >= 0.6 is 0 Å². The summed E-state index contributed by atoms with van der Waals surface area (Å²) in [6.07, 6.45) is 6.15. The summed E-state index contributed by atoms with van der Waals surface area (Å²) in [5, 5.41) is 8.58. The Bertz CT molecular complexity index is 174. The van der Waals surface area contributed by atoms with Crippen molar-refractivity contribution < 1.29 is 14.6 Å². The third-order valence-electron chi connectivity index (χ3n) is 3.17. The van der Waals surface area contributed by atoms with Crippen molar-refractivity contribution in [1.29, 1.82) is 0 Å². The highest BCUT2D eigenvalue weighted by Crippen LogP contribution is 2.38. The normalized spacial score (nSPS) is 19.5. The first-order valence-electron chi connectivity index (χ1n) is 6.51. The van der Waals surface area contributed by atoms with Crippen LogP contribution in [-0.2, 0) is 9.47 Å². The van der Waals surface area contributed by atoms with Gasteiger partial charge in [0.2, 0.25) is 0 Å². The molecule has 0 unspecified atom stereocenters. The van der Waals surface area contributed by atoms with Crippen molar-refractivity contribution >= 4 is 0 Å². The molecule has 0 saturated heterocycles. The minimum Gasteiger partial charge on any atom is -0.394 e. The molecule has 1 saturated carbocycles. The zero-order valence-corrected chi connectivity index (χ0v) is 10.7. The molecule has 3 heteroatoms. The van der Waals surface area contributed by atoms with Gasteiger partial charge >= 0.3 is 0 Å². The largest absolute Gasteiger partial charge is 0.394 e. The maximum Gasteiger partial charge on any atom is 0.0708 e. The van der Waals surface area contributed by atoms with E-state index in [2.05, 4.69) is 13.8 Å².